The van der Waals surface area contributed by atoms with Crippen molar-refractivity contribution < 1.29 is 14.3 Å². The Hall–Kier alpha value is -3.11. The summed E-state index contributed by atoms with van der Waals surface area (Å²) in [5, 5.41) is 11.4. The van der Waals surface area contributed by atoms with Crippen LogP contribution in [-0.4, -0.2) is 17.6 Å². The molecule has 1 aliphatic heterocycles. The van der Waals surface area contributed by atoms with Gasteiger partial charge in [0, 0.05) is 12.4 Å². The molecule has 2 aromatic rings. The fraction of sp³-hybridized carbons (Fsp3) is 0.167. The van der Waals surface area contributed by atoms with E-state index in [-0.39, 0.29) is 23.6 Å². The van der Waals surface area contributed by atoms with Crippen molar-refractivity contribution in [3.8, 4) is 6.07 Å². The first-order chi connectivity index (χ1) is 12.2. The second kappa shape index (κ2) is 7.20. The molecule has 0 saturated carbocycles. The van der Waals surface area contributed by atoms with Gasteiger partial charge < -0.3 is 15.2 Å². The number of carbonyl (C=O) groups is 1. The van der Waals surface area contributed by atoms with Crippen LogP contribution in [0.15, 0.2) is 59.1 Å². The van der Waals surface area contributed by atoms with Crippen molar-refractivity contribution in [2.45, 2.75) is 12.8 Å². The lowest BCUT2D eigenvalue weighted by atomic mass is 9.83. The highest BCUT2D eigenvalue weighted by Crippen LogP contribution is 2.43. The maximum absolute atomic E-state index is 12.7. The van der Waals surface area contributed by atoms with Crippen LogP contribution in [0, 0.1) is 11.3 Å². The van der Waals surface area contributed by atoms with Gasteiger partial charge in [0.2, 0.25) is 5.88 Å². The molecule has 2 aromatic heterocycles. The molecule has 7 heteroatoms. The summed E-state index contributed by atoms with van der Waals surface area (Å²) in [5.41, 5.74) is 7.07. The number of esters is 1. The van der Waals surface area contributed by atoms with Crippen LogP contribution in [0.2, 0.25) is 0 Å². The van der Waals surface area contributed by atoms with Gasteiger partial charge in [-0.15, -0.1) is 11.3 Å². The predicted octanol–water partition coefficient (Wildman–Crippen LogP) is 2.93. The minimum absolute atomic E-state index is 0.0206. The van der Waals surface area contributed by atoms with E-state index < -0.39 is 11.9 Å². The lowest BCUT2D eigenvalue weighted by molar-refractivity contribution is -0.138. The quantitative estimate of drug-likeness (QED) is 0.849. The Morgan fingerprint density at radius 3 is 2.92 bits per heavy atom. The van der Waals surface area contributed by atoms with Gasteiger partial charge in [-0.05, 0) is 30.0 Å². The third-order valence-corrected chi connectivity index (χ3v) is 4.55. The molecule has 1 aliphatic rings. The summed E-state index contributed by atoms with van der Waals surface area (Å²) in [6.07, 6.45) is 3.22. The van der Waals surface area contributed by atoms with E-state index in [1.807, 2.05) is 17.5 Å². The molecule has 0 unspecified atom stereocenters. The van der Waals surface area contributed by atoms with Crippen LogP contribution in [0.3, 0.4) is 0 Å². The second-order valence-electron chi connectivity index (χ2n) is 5.15. The largest absolute Gasteiger partial charge is 0.463 e. The number of rotatable bonds is 4. The van der Waals surface area contributed by atoms with Crippen molar-refractivity contribution in [2.24, 2.45) is 5.73 Å². The normalized spacial score (nSPS) is 17.0. The molecule has 2 N–H and O–H groups in total. The van der Waals surface area contributed by atoms with Crippen LogP contribution in [0.5, 0.6) is 0 Å². The highest BCUT2D eigenvalue weighted by atomic mass is 32.1. The van der Waals surface area contributed by atoms with Crippen LogP contribution in [-0.2, 0) is 14.3 Å². The summed E-state index contributed by atoms with van der Waals surface area (Å²) in [5.74, 6) is -0.935. The SMILES string of the molecule is CCOC(=O)C1=C(c2cccs2)OC(N)=C(C#N)[C@@H]1c1cccnc1. The first-order valence-electron chi connectivity index (χ1n) is 7.60. The van der Waals surface area contributed by atoms with E-state index in [4.69, 9.17) is 15.2 Å². The molecule has 0 amide bonds. The lowest BCUT2D eigenvalue weighted by Gasteiger charge is -2.27. The Bertz CT molecular complexity index is 880. The molecule has 126 valence electrons. The standard InChI is InChI=1S/C18H15N3O3S/c1-2-23-18(22)15-14(11-5-3-7-21-10-11)12(9-19)17(20)24-16(15)13-6-4-8-25-13/h3-8,10,14H,2,20H2,1H3/t14-/m0/s1. The number of thiophene rings is 1. The highest BCUT2D eigenvalue weighted by molar-refractivity contribution is 7.11. The maximum Gasteiger partial charge on any atom is 0.338 e. The van der Waals surface area contributed by atoms with Crippen molar-refractivity contribution in [2.75, 3.05) is 6.61 Å². The number of nitrogens with two attached hydrogens (primary N) is 1. The van der Waals surface area contributed by atoms with E-state index in [2.05, 4.69) is 11.1 Å². The molecule has 0 radical (unpaired) electrons. The Morgan fingerprint density at radius 1 is 1.48 bits per heavy atom. The molecule has 0 aliphatic carbocycles. The first-order valence-corrected chi connectivity index (χ1v) is 8.48. The Kier molecular flexibility index (Phi) is 4.82. The molecule has 0 bridgehead atoms. The molecular formula is C18H15N3O3S. The first kappa shape index (κ1) is 16.7. The van der Waals surface area contributed by atoms with Crippen molar-refractivity contribution >= 4 is 23.1 Å². The molecule has 0 aromatic carbocycles. The third-order valence-electron chi connectivity index (χ3n) is 3.68. The average Bonchev–Trinajstić information content (AvgIpc) is 3.16. The van der Waals surface area contributed by atoms with Crippen molar-refractivity contribution in [3.05, 3.63) is 69.5 Å². The van der Waals surface area contributed by atoms with Gasteiger partial charge in [0.25, 0.3) is 0 Å². The number of hydrogen-bond acceptors (Lipinski definition) is 7. The van der Waals surface area contributed by atoms with Crippen molar-refractivity contribution in [1.82, 2.24) is 4.98 Å². The van der Waals surface area contributed by atoms with Crippen LogP contribution in [0.1, 0.15) is 23.3 Å². The van der Waals surface area contributed by atoms with Gasteiger partial charge in [-0.1, -0.05) is 12.1 Å². The maximum atomic E-state index is 12.7. The highest BCUT2D eigenvalue weighted by Gasteiger charge is 2.38. The Morgan fingerprint density at radius 2 is 2.32 bits per heavy atom. The zero-order valence-electron chi connectivity index (χ0n) is 13.4. The van der Waals surface area contributed by atoms with Gasteiger partial charge >= 0.3 is 5.97 Å². The summed E-state index contributed by atoms with van der Waals surface area (Å²) in [4.78, 5) is 17.5. The summed E-state index contributed by atoms with van der Waals surface area (Å²) < 4.78 is 10.9. The molecule has 0 fully saturated rings. The Labute approximate surface area is 148 Å². The van der Waals surface area contributed by atoms with Gasteiger partial charge in [0.1, 0.15) is 11.6 Å². The molecule has 6 nitrogen and oxygen atoms in total. The van der Waals surface area contributed by atoms with E-state index in [1.165, 1.54) is 11.3 Å². The van der Waals surface area contributed by atoms with E-state index in [1.54, 1.807) is 31.5 Å². The van der Waals surface area contributed by atoms with Crippen LogP contribution in [0.25, 0.3) is 5.76 Å². The van der Waals surface area contributed by atoms with Gasteiger partial charge in [-0.3, -0.25) is 4.98 Å². The third kappa shape index (κ3) is 3.12. The topological polar surface area (TPSA) is 98.2 Å². The van der Waals surface area contributed by atoms with Gasteiger partial charge in [-0.2, -0.15) is 5.26 Å². The summed E-state index contributed by atoms with van der Waals surface area (Å²) in [7, 11) is 0. The molecule has 3 heterocycles. The van der Waals surface area contributed by atoms with Gasteiger partial charge in [-0.25, -0.2) is 4.79 Å². The molecule has 25 heavy (non-hydrogen) atoms. The predicted molar refractivity (Wildman–Crippen MR) is 92.8 cm³/mol. The average molecular weight is 353 g/mol. The number of ether oxygens (including phenoxy) is 2. The zero-order chi connectivity index (χ0) is 17.8. The lowest BCUT2D eigenvalue weighted by Crippen LogP contribution is -2.25. The summed E-state index contributed by atoms with van der Waals surface area (Å²) in [6.45, 7) is 1.93. The van der Waals surface area contributed by atoms with Crippen LogP contribution >= 0.6 is 11.3 Å². The van der Waals surface area contributed by atoms with Crippen molar-refractivity contribution in [3.63, 3.8) is 0 Å². The van der Waals surface area contributed by atoms with E-state index in [0.29, 0.717) is 11.3 Å². The summed E-state index contributed by atoms with van der Waals surface area (Å²) in [6, 6.07) is 9.26. The van der Waals surface area contributed by atoms with Gasteiger partial charge in [0.05, 0.1) is 23.0 Å². The van der Waals surface area contributed by atoms with Crippen molar-refractivity contribution in [1.29, 1.82) is 5.26 Å². The molecule has 0 spiro atoms. The smallest absolute Gasteiger partial charge is 0.338 e. The molecule has 1 atom stereocenters. The molecule has 0 saturated heterocycles. The second-order valence-corrected chi connectivity index (χ2v) is 6.10. The number of nitrogens with zero attached hydrogens (tertiary/aromatic N) is 2. The number of allylic oxidation sites excluding steroid dienone is 1. The number of aromatic nitrogens is 1. The summed E-state index contributed by atoms with van der Waals surface area (Å²) >= 11 is 1.41. The minimum Gasteiger partial charge on any atom is -0.463 e. The zero-order valence-corrected chi connectivity index (χ0v) is 14.2. The number of nitriles is 1. The van der Waals surface area contributed by atoms with E-state index >= 15 is 0 Å². The van der Waals surface area contributed by atoms with E-state index in [9.17, 15) is 10.1 Å². The monoisotopic (exact) mass is 353 g/mol. The van der Waals surface area contributed by atoms with E-state index in [0.717, 1.165) is 4.88 Å². The Balaban J connectivity index is 2.25. The molecular weight excluding hydrogens is 338 g/mol. The molecule has 3 rings (SSSR count). The van der Waals surface area contributed by atoms with Crippen LogP contribution in [0.4, 0.5) is 0 Å². The minimum atomic E-state index is -0.691. The fourth-order valence-electron chi connectivity index (χ4n) is 2.65. The fourth-order valence-corrected chi connectivity index (χ4v) is 3.37. The van der Waals surface area contributed by atoms with Gasteiger partial charge in [0.15, 0.2) is 5.76 Å². The number of carbonyl (C=O) groups excluding carboxylic acids is 1. The van der Waals surface area contributed by atoms with Crippen LogP contribution < -0.4 is 5.73 Å². The number of pyridine rings is 1. The number of hydrogen-bond donors (Lipinski definition) is 1.